The van der Waals surface area contributed by atoms with Gasteiger partial charge in [0.1, 0.15) is 25.3 Å². The molecule has 0 fully saturated rings. The zero-order valence-electron chi connectivity index (χ0n) is 55.2. The average molecular weight is 1380 g/mol. The number of carbonyl (C=O) groups excluding carboxylic acids is 10. The summed E-state index contributed by atoms with van der Waals surface area (Å²) >= 11 is 12.2. The number of hydrogen-bond acceptors (Lipinski definition) is 14. The van der Waals surface area contributed by atoms with Crippen LogP contribution in [0.4, 0.5) is 9.59 Å². The smallest absolute Gasteiger partial charge is 0.408 e. The van der Waals surface area contributed by atoms with Crippen LogP contribution in [-0.4, -0.2) is 122 Å². The Bertz CT molecular complexity index is 3510. The number of esters is 2. The van der Waals surface area contributed by atoms with Crippen molar-refractivity contribution in [1.29, 1.82) is 0 Å². The molecule has 22 nitrogen and oxygen atoms in total. The number of amides is 8. The molecule has 0 bridgehead atoms. The molecule has 8 amide bonds. The molecule has 98 heavy (non-hydrogen) atoms. The molecule has 2 aliphatic heterocycles. The second kappa shape index (κ2) is 38.2. The van der Waals surface area contributed by atoms with Crippen molar-refractivity contribution < 1.29 is 66.9 Å². The lowest BCUT2D eigenvalue weighted by atomic mass is 9.98. The van der Waals surface area contributed by atoms with Gasteiger partial charge in [0.2, 0.25) is 11.8 Å². The van der Waals surface area contributed by atoms with E-state index in [0.29, 0.717) is 48.6 Å². The van der Waals surface area contributed by atoms with Gasteiger partial charge in [0.15, 0.2) is 0 Å². The molecule has 2 aliphatic rings. The third-order valence-electron chi connectivity index (χ3n) is 17.0. The quantitative estimate of drug-likeness (QED) is 0.0123. The monoisotopic (exact) mass is 1380 g/mol. The zero-order chi connectivity index (χ0) is 69.8. The fourth-order valence-electron chi connectivity index (χ4n) is 11.5. The van der Waals surface area contributed by atoms with E-state index in [1.165, 1.54) is 14.2 Å². The first-order valence-electron chi connectivity index (χ1n) is 33.0. The predicted octanol–water partition coefficient (Wildman–Crippen LogP) is 10.4. The lowest BCUT2D eigenvalue weighted by Crippen LogP contribution is -2.42. The van der Waals surface area contributed by atoms with Crippen molar-refractivity contribution in [2.24, 2.45) is 0 Å². The van der Waals surface area contributed by atoms with Crippen LogP contribution in [0.5, 0.6) is 0 Å². The molecule has 6 aromatic rings. The van der Waals surface area contributed by atoms with E-state index in [2.05, 4.69) is 31.9 Å². The van der Waals surface area contributed by atoms with Gasteiger partial charge in [-0.25, -0.2) is 19.2 Å². The van der Waals surface area contributed by atoms with Gasteiger partial charge >= 0.3 is 24.1 Å². The van der Waals surface area contributed by atoms with Crippen molar-refractivity contribution in [2.75, 3.05) is 40.4 Å². The summed E-state index contributed by atoms with van der Waals surface area (Å²) < 4.78 is 20.4. The van der Waals surface area contributed by atoms with E-state index in [-0.39, 0.29) is 125 Å². The first-order valence-corrected chi connectivity index (χ1v) is 33.8. The van der Waals surface area contributed by atoms with E-state index >= 15 is 0 Å². The summed E-state index contributed by atoms with van der Waals surface area (Å²) in [5.41, 5.74) is 7.01. The molecule has 2 heterocycles. The van der Waals surface area contributed by atoms with E-state index < -0.39 is 59.8 Å². The van der Waals surface area contributed by atoms with Crippen LogP contribution in [0.1, 0.15) is 163 Å². The van der Waals surface area contributed by atoms with Crippen LogP contribution in [0.15, 0.2) is 133 Å². The Morgan fingerprint density at radius 1 is 0.398 bits per heavy atom. The van der Waals surface area contributed by atoms with Gasteiger partial charge < -0.3 is 60.6 Å². The van der Waals surface area contributed by atoms with E-state index in [9.17, 15) is 47.9 Å². The summed E-state index contributed by atoms with van der Waals surface area (Å²) in [7, 11) is 2.42. The van der Waals surface area contributed by atoms with Gasteiger partial charge in [-0.1, -0.05) is 134 Å². The van der Waals surface area contributed by atoms with Gasteiger partial charge in [-0.2, -0.15) is 0 Å². The molecule has 0 radical (unpaired) electrons. The third-order valence-corrected chi connectivity index (χ3v) is 17.5. The lowest BCUT2D eigenvalue weighted by Gasteiger charge is -2.17. The van der Waals surface area contributed by atoms with Gasteiger partial charge in [0.25, 0.3) is 23.6 Å². The summed E-state index contributed by atoms with van der Waals surface area (Å²) in [6, 6.07) is 37.3. The molecule has 518 valence electrons. The summed E-state index contributed by atoms with van der Waals surface area (Å²) in [6.45, 7) is 1.80. The van der Waals surface area contributed by atoms with Crippen molar-refractivity contribution in [3.63, 3.8) is 0 Å². The van der Waals surface area contributed by atoms with E-state index in [0.717, 1.165) is 70.2 Å². The molecule has 0 saturated carbocycles. The summed E-state index contributed by atoms with van der Waals surface area (Å²) in [4.78, 5) is 137. The minimum atomic E-state index is -1.04. The molecule has 6 aromatic carbocycles. The van der Waals surface area contributed by atoms with Crippen LogP contribution in [0, 0.1) is 0 Å². The molecule has 2 atom stereocenters. The Kier molecular flexibility index (Phi) is 28.9. The Balaban J connectivity index is 0.785. The maximum atomic E-state index is 14.0. The Morgan fingerprint density at radius 3 is 1.04 bits per heavy atom. The molecule has 0 aliphatic carbocycles. The number of halogens is 2. The van der Waals surface area contributed by atoms with Crippen molar-refractivity contribution in [2.45, 2.75) is 141 Å². The number of methoxy groups -OCH3 is 2. The number of ether oxygens (including phenoxy) is 4. The van der Waals surface area contributed by atoms with E-state index in [4.69, 9.17) is 42.1 Å². The maximum absolute atomic E-state index is 14.0. The number of unbranched alkanes of at least 4 members (excludes halogenated alkanes) is 5. The first kappa shape index (κ1) is 74.0. The number of nitrogens with one attached hydrogen (secondary N) is 6. The Hall–Kier alpha value is -9.80. The van der Waals surface area contributed by atoms with Gasteiger partial charge in [0, 0.05) is 75.2 Å². The molecule has 8 rings (SSSR count). The molecule has 0 spiro atoms. The number of hydrogen-bond donors (Lipinski definition) is 6. The van der Waals surface area contributed by atoms with Crippen LogP contribution in [-0.2, 0) is 90.4 Å². The molecule has 0 saturated heterocycles. The standard InChI is InChI=1S/C74H84Cl2N8O14/c1-95-71(91)63(81-73(93)97-47-51-17-9-7-10-18-51)21-15-35-77-67(87)59-39-53-43-83(45-55(53)41-61(59)69(89)79-37-33-49-25-29-57(75)30-26-49)65(85)23-13-5-3-4-6-14-24-66(86)84-44-54-40-60(62(42-56(54)46-84)70(90)80-38-34-50-27-31-58(76)32-28-50)68(88)78-36-16-22-64(72(92)96-2)82-74(94)98-48-52-19-11-8-12-20-52/h7-12,17-20,25-32,39-42,63-64H,3-6,13-16,21-24,33-38,43-48H2,1-2H3,(H,77,87)(H,78,88)(H,79,89)(H,80,90)(H,81,93)(H,82,94)/t63-,64-/m0/s1. The van der Waals surface area contributed by atoms with Crippen molar-refractivity contribution in [3.8, 4) is 0 Å². The number of carbonyl (C=O) groups is 10. The minimum absolute atomic E-state index is 0.00163. The highest BCUT2D eigenvalue weighted by Crippen LogP contribution is 2.30. The summed E-state index contributed by atoms with van der Waals surface area (Å²) in [5, 5.41) is 17.9. The highest BCUT2D eigenvalue weighted by Gasteiger charge is 2.31. The predicted molar refractivity (Wildman–Crippen MR) is 368 cm³/mol. The maximum Gasteiger partial charge on any atom is 0.408 e. The highest BCUT2D eigenvalue weighted by molar-refractivity contribution is 6.30. The van der Waals surface area contributed by atoms with Crippen LogP contribution in [0.3, 0.4) is 0 Å². The fraction of sp³-hybridized carbons (Fsp3) is 0.378. The average Bonchev–Trinajstić information content (AvgIpc) is 1.60. The van der Waals surface area contributed by atoms with Crippen LogP contribution < -0.4 is 31.9 Å². The van der Waals surface area contributed by atoms with Crippen molar-refractivity contribution >= 4 is 82.8 Å². The molecule has 24 heteroatoms. The van der Waals surface area contributed by atoms with Gasteiger partial charge in [-0.05, 0) is 144 Å². The van der Waals surface area contributed by atoms with E-state index in [1.54, 1.807) is 82.6 Å². The minimum Gasteiger partial charge on any atom is -0.467 e. The number of alkyl carbamates (subject to hydrolysis) is 2. The van der Waals surface area contributed by atoms with Gasteiger partial charge in [0.05, 0.1) is 36.5 Å². The highest BCUT2D eigenvalue weighted by atomic mass is 35.5. The molecular formula is C74H84Cl2N8O14. The molecule has 6 N–H and O–H groups in total. The number of fused-ring (bicyclic) bond motifs is 2. The molecular weight excluding hydrogens is 1300 g/mol. The lowest BCUT2D eigenvalue weighted by molar-refractivity contribution is -0.144. The van der Waals surface area contributed by atoms with Crippen LogP contribution in [0.2, 0.25) is 10.0 Å². The van der Waals surface area contributed by atoms with Crippen LogP contribution >= 0.6 is 23.2 Å². The zero-order valence-corrected chi connectivity index (χ0v) is 56.7. The topological polar surface area (TPSA) is 286 Å². The van der Waals surface area contributed by atoms with E-state index in [1.807, 2.05) is 60.7 Å². The second-order valence-corrected chi connectivity index (χ2v) is 25.0. The third kappa shape index (κ3) is 22.9. The normalized spacial score (nSPS) is 12.6. The number of rotatable bonds is 35. The summed E-state index contributed by atoms with van der Waals surface area (Å²) in [6.07, 6.45) is 5.39. The van der Waals surface area contributed by atoms with Crippen molar-refractivity contribution in [1.82, 2.24) is 41.7 Å². The first-order chi connectivity index (χ1) is 47.4. The largest absolute Gasteiger partial charge is 0.467 e. The van der Waals surface area contributed by atoms with Crippen molar-refractivity contribution in [3.05, 3.63) is 210 Å². The van der Waals surface area contributed by atoms with Crippen LogP contribution in [0.25, 0.3) is 0 Å². The molecule has 0 unspecified atom stereocenters. The fourth-order valence-corrected chi connectivity index (χ4v) is 11.8. The Morgan fingerprint density at radius 2 is 0.714 bits per heavy atom. The Labute approximate surface area is 580 Å². The number of benzene rings is 6. The molecule has 0 aromatic heterocycles. The number of nitrogens with zero attached hydrogens (tertiary/aromatic N) is 2. The van der Waals surface area contributed by atoms with Gasteiger partial charge in [-0.3, -0.25) is 28.8 Å². The SMILES string of the molecule is COC(=O)[C@H](CCCNC(=O)c1cc2c(cc1C(=O)NCCc1ccc(Cl)cc1)CN(C(=O)CCCCCCCCC(=O)N1Cc3cc(C(=O)NCCC[C@H](NC(=O)OCc4ccccc4)C(=O)OC)c(C(=O)NCCc4ccc(Cl)cc4)cc3C1)C2)NC(=O)OCc1ccccc1. The van der Waals surface area contributed by atoms with Gasteiger partial charge in [-0.15, -0.1) is 0 Å². The summed E-state index contributed by atoms with van der Waals surface area (Å²) in [5.74, 6) is -3.43. The second-order valence-electron chi connectivity index (χ2n) is 24.1.